The maximum atomic E-state index is 12.4. The van der Waals surface area contributed by atoms with Gasteiger partial charge in [0.15, 0.2) is 0 Å². The molecule has 4 rings (SSSR count). The molecule has 0 heterocycles. The van der Waals surface area contributed by atoms with Crippen LogP contribution >= 0.6 is 0 Å². The van der Waals surface area contributed by atoms with E-state index >= 15 is 0 Å². The predicted molar refractivity (Wildman–Crippen MR) is 119 cm³/mol. The summed E-state index contributed by atoms with van der Waals surface area (Å²) in [7, 11) is 0. The maximum Gasteiger partial charge on any atom is 0.0736 e. The van der Waals surface area contributed by atoms with Crippen LogP contribution < -0.4 is 0 Å². The van der Waals surface area contributed by atoms with Crippen molar-refractivity contribution in [3.8, 4) is 0 Å². The Kier molecular flexibility index (Phi) is 5.50. The molecule has 0 bridgehead atoms. The normalized spacial score (nSPS) is 53.7. The molecule has 0 spiro atoms. The van der Waals surface area contributed by atoms with Gasteiger partial charge < -0.3 is 20.1 Å². The van der Waals surface area contributed by atoms with E-state index in [4.69, 9.17) is 4.74 Å². The lowest BCUT2D eigenvalue weighted by molar-refractivity contribution is -0.263. The molecule has 0 saturated heterocycles. The summed E-state index contributed by atoms with van der Waals surface area (Å²) in [6, 6.07) is 0. The highest BCUT2D eigenvalue weighted by Gasteiger charge is 2.71. The van der Waals surface area contributed by atoms with Crippen LogP contribution in [0.3, 0.4) is 0 Å². The average molecular weight is 423 g/mol. The quantitative estimate of drug-likeness (QED) is 0.622. The summed E-state index contributed by atoms with van der Waals surface area (Å²) < 4.78 is 6.10. The standard InChI is InChI=1S/C26H46O4/c1-17-7-10-23(4)18-8-11-24(5)20(22(2,3)30-14-13-27)9-12-26(24,29)19(18)15-21(28)25(23,6)16-17/h17-21,27-29H,7-16H2,1-6H3/t17?,18?,19?,20?,21-,23-,24-,25?,26+/m1/s1. The van der Waals surface area contributed by atoms with E-state index in [0.29, 0.717) is 18.4 Å². The van der Waals surface area contributed by atoms with Crippen molar-refractivity contribution in [2.45, 2.75) is 110 Å². The van der Waals surface area contributed by atoms with Crippen LogP contribution in [0.25, 0.3) is 0 Å². The first-order valence-corrected chi connectivity index (χ1v) is 12.5. The fraction of sp³-hybridized carbons (Fsp3) is 1.00. The van der Waals surface area contributed by atoms with Crippen LogP contribution in [0.1, 0.15) is 92.9 Å². The van der Waals surface area contributed by atoms with Crippen LogP contribution in [0.15, 0.2) is 0 Å². The summed E-state index contributed by atoms with van der Waals surface area (Å²) in [5, 5.41) is 33.1. The second-order valence-electron chi connectivity index (χ2n) is 12.8. The zero-order valence-corrected chi connectivity index (χ0v) is 20.2. The molecule has 0 aliphatic heterocycles. The third-order valence-electron chi connectivity index (χ3n) is 11.3. The lowest BCUT2D eigenvalue weighted by atomic mass is 9.38. The van der Waals surface area contributed by atoms with Crippen LogP contribution in [0.5, 0.6) is 0 Å². The van der Waals surface area contributed by atoms with Gasteiger partial charge in [-0.3, -0.25) is 0 Å². The first-order valence-electron chi connectivity index (χ1n) is 12.5. The van der Waals surface area contributed by atoms with Gasteiger partial charge >= 0.3 is 0 Å². The average Bonchev–Trinajstić information content (AvgIpc) is 2.95. The van der Waals surface area contributed by atoms with Gasteiger partial charge in [-0.2, -0.15) is 0 Å². The molecule has 5 unspecified atom stereocenters. The number of aliphatic hydroxyl groups is 3. The Balaban J connectivity index is 1.68. The highest BCUT2D eigenvalue weighted by molar-refractivity contribution is 5.21. The molecule has 0 aromatic heterocycles. The molecule has 30 heavy (non-hydrogen) atoms. The largest absolute Gasteiger partial charge is 0.394 e. The van der Waals surface area contributed by atoms with Crippen molar-refractivity contribution in [3.05, 3.63) is 0 Å². The lowest BCUT2D eigenvalue weighted by Crippen LogP contribution is -2.68. The Morgan fingerprint density at radius 1 is 0.933 bits per heavy atom. The Bertz CT molecular complexity index is 663. The lowest BCUT2D eigenvalue weighted by Gasteiger charge is -2.68. The molecule has 9 atom stereocenters. The number of ether oxygens (including phenoxy) is 1. The van der Waals surface area contributed by atoms with E-state index in [1.54, 1.807) is 0 Å². The molecule has 0 aromatic carbocycles. The molecule has 4 saturated carbocycles. The first-order chi connectivity index (χ1) is 13.9. The summed E-state index contributed by atoms with van der Waals surface area (Å²) in [5.74, 6) is 1.58. The van der Waals surface area contributed by atoms with Gasteiger partial charge in [-0.15, -0.1) is 0 Å². The molecule has 174 valence electrons. The smallest absolute Gasteiger partial charge is 0.0736 e. The molecular weight excluding hydrogens is 376 g/mol. The highest BCUT2D eigenvalue weighted by Crippen LogP contribution is 2.73. The van der Waals surface area contributed by atoms with E-state index < -0.39 is 5.60 Å². The van der Waals surface area contributed by atoms with Crippen LogP contribution in [-0.4, -0.2) is 45.8 Å². The summed E-state index contributed by atoms with van der Waals surface area (Å²) in [4.78, 5) is 0. The molecule has 4 fully saturated rings. The molecule has 0 amide bonds. The van der Waals surface area contributed by atoms with Gasteiger partial charge in [-0.25, -0.2) is 0 Å². The van der Waals surface area contributed by atoms with Crippen LogP contribution in [-0.2, 0) is 4.74 Å². The number of fused-ring (bicyclic) bond motifs is 5. The number of aliphatic hydroxyl groups excluding tert-OH is 2. The van der Waals surface area contributed by atoms with E-state index in [0.717, 1.165) is 38.5 Å². The minimum absolute atomic E-state index is 0.0311. The van der Waals surface area contributed by atoms with Gasteiger partial charge in [0.25, 0.3) is 0 Å². The number of rotatable bonds is 4. The maximum absolute atomic E-state index is 12.4. The molecule has 0 radical (unpaired) electrons. The first kappa shape index (κ1) is 23.0. The van der Waals surface area contributed by atoms with Crippen molar-refractivity contribution >= 4 is 0 Å². The molecule has 0 aromatic rings. The van der Waals surface area contributed by atoms with Crippen molar-refractivity contribution in [3.63, 3.8) is 0 Å². The van der Waals surface area contributed by atoms with Gasteiger partial charge in [0.1, 0.15) is 0 Å². The summed E-state index contributed by atoms with van der Waals surface area (Å²) >= 11 is 0. The molecular formula is C26H46O4. The van der Waals surface area contributed by atoms with Gasteiger partial charge in [0.2, 0.25) is 0 Å². The van der Waals surface area contributed by atoms with Gasteiger partial charge in [-0.1, -0.05) is 34.1 Å². The van der Waals surface area contributed by atoms with E-state index in [-0.39, 0.29) is 46.4 Å². The fourth-order valence-corrected chi connectivity index (χ4v) is 9.42. The molecule has 4 nitrogen and oxygen atoms in total. The highest BCUT2D eigenvalue weighted by atomic mass is 16.5. The second-order valence-corrected chi connectivity index (χ2v) is 12.8. The van der Waals surface area contributed by atoms with Crippen molar-refractivity contribution in [2.24, 2.45) is 39.9 Å². The van der Waals surface area contributed by atoms with Crippen LogP contribution in [0.4, 0.5) is 0 Å². The molecule has 3 N–H and O–H groups in total. The van der Waals surface area contributed by atoms with Crippen molar-refractivity contribution in [1.29, 1.82) is 0 Å². The molecule has 4 heteroatoms. The summed E-state index contributed by atoms with van der Waals surface area (Å²) in [6.45, 7) is 14.0. The Morgan fingerprint density at radius 2 is 1.60 bits per heavy atom. The van der Waals surface area contributed by atoms with Gasteiger partial charge in [0.05, 0.1) is 30.5 Å². The van der Waals surface area contributed by atoms with Gasteiger partial charge in [-0.05, 0) is 93.3 Å². The zero-order chi connectivity index (χ0) is 22.2. The Hall–Kier alpha value is -0.160. The summed E-state index contributed by atoms with van der Waals surface area (Å²) in [6.07, 6.45) is 7.84. The van der Waals surface area contributed by atoms with Crippen molar-refractivity contribution in [1.82, 2.24) is 0 Å². The van der Waals surface area contributed by atoms with E-state index in [2.05, 4.69) is 41.5 Å². The molecule has 4 aliphatic carbocycles. The summed E-state index contributed by atoms with van der Waals surface area (Å²) in [5.41, 5.74) is -1.27. The van der Waals surface area contributed by atoms with Crippen molar-refractivity contribution in [2.75, 3.05) is 13.2 Å². The second kappa shape index (κ2) is 7.17. The number of hydrogen-bond donors (Lipinski definition) is 3. The van der Waals surface area contributed by atoms with Crippen molar-refractivity contribution < 1.29 is 20.1 Å². The SMILES string of the molecule is CC1CC[C@]2(C)C3CC[C@]4(C)C(C(C)(C)OCCO)CC[C@]4(O)C3C[C@@H](O)C2(C)C1. The number of hydrogen-bond acceptors (Lipinski definition) is 4. The van der Waals surface area contributed by atoms with E-state index in [9.17, 15) is 15.3 Å². The Labute approximate surface area is 183 Å². The van der Waals surface area contributed by atoms with E-state index in [1.807, 2.05) is 0 Å². The van der Waals surface area contributed by atoms with E-state index in [1.165, 1.54) is 12.8 Å². The minimum atomic E-state index is -0.741. The predicted octanol–water partition coefficient (Wildman–Crippen LogP) is 4.54. The monoisotopic (exact) mass is 422 g/mol. The Morgan fingerprint density at radius 3 is 2.27 bits per heavy atom. The topological polar surface area (TPSA) is 69.9 Å². The van der Waals surface area contributed by atoms with Gasteiger partial charge in [0, 0.05) is 5.41 Å². The third kappa shape index (κ3) is 2.85. The van der Waals surface area contributed by atoms with Crippen LogP contribution in [0, 0.1) is 39.9 Å². The molecule has 4 aliphatic rings. The fourth-order valence-electron chi connectivity index (χ4n) is 9.42. The zero-order valence-electron chi connectivity index (χ0n) is 20.2. The third-order valence-corrected chi connectivity index (χ3v) is 11.3. The van der Waals surface area contributed by atoms with Crippen LogP contribution in [0.2, 0.25) is 0 Å². The minimum Gasteiger partial charge on any atom is -0.394 e.